The van der Waals surface area contributed by atoms with Crippen molar-refractivity contribution in [2.45, 2.75) is 31.7 Å². The molecule has 1 amide bonds. The Morgan fingerprint density at radius 1 is 1.12 bits per heavy atom. The van der Waals surface area contributed by atoms with Crippen molar-refractivity contribution < 1.29 is 14.3 Å². The van der Waals surface area contributed by atoms with Crippen LogP contribution in [-0.4, -0.2) is 36.1 Å². The maximum Gasteiger partial charge on any atom is 0.254 e. The van der Waals surface area contributed by atoms with Crippen LogP contribution in [0, 0.1) is 0 Å². The molecule has 7 nitrogen and oxygen atoms in total. The summed E-state index contributed by atoms with van der Waals surface area (Å²) in [4.78, 5) is 20.6. The van der Waals surface area contributed by atoms with E-state index in [-0.39, 0.29) is 11.9 Å². The van der Waals surface area contributed by atoms with Crippen molar-refractivity contribution in [2.75, 3.05) is 19.5 Å². The number of rotatable bonds is 6. The monoisotopic (exact) mass is 342 g/mol. The van der Waals surface area contributed by atoms with Gasteiger partial charge in [-0.05, 0) is 25.0 Å². The second-order valence-corrected chi connectivity index (χ2v) is 5.94. The van der Waals surface area contributed by atoms with Gasteiger partial charge in [-0.25, -0.2) is 9.97 Å². The van der Waals surface area contributed by atoms with Gasteiger partial charge in [-0.3, -0.25) is 4.79 Å². The molecule has 1 saturated carbocycles. The van der Waals surface area contributed by atoms with E-state index < -0.39 is 0 Å². The zero-order valence-electron chi connectivity index (χ0n) is 14.4. The van der Waals surface area contributed by atoms with Crippen molar-refractivity contribution in [3.63, 3.8) is 0 Å². The van der Waals surface area contributed by atoms with Crippen LogP contribution in [0.2, 0.25) is 0 Å². The first-order valence-corrected chi connectivity index (χ1v) is 8.31. The molecule has 1 fully saturated rings. The van der Waals surface area contributed by atoms with E-state index in [1.807, 2.05) is 0 Å². The van der Waals surface area contributed by atoms with Gasteiger partial charge in [0, 0.05) is 24.5 Å². The number of carbonyl (C=O) groups excluding carboxylic acids is 1. The summed E-state index contributed by atoms with van der Waals surface area (Å²) in [6.07, 6.45) is 7.47. The fraction of sp³-hybridized carbons (Fsp3) is 0.389. The SMILES string of the molecule is COc1ccc(OC)c(Nc2ncc(C(=O)NC3CCCC3)cn2)c1. The third-order valence-corrected chi connectivity index (χ3v) is 4.26. The lowest BCUT2D eigenvalue weighted by atomic mass is 10.2. The van der Waals surface area contributed by atoms with Gasteiger partial charge < -0.3 is 20.1 Å². The Labute approximate surface area is 146 Å². The van der Waals surface area contributed by atoms with Crippen molar-refractivity contribution in [1.82, 2.24) is 15.3 Å². The summed E-state index contributed by atoms with van der Waals surface area (Å²) in [6, 6.07) is 5.67. The van der Waals surface area contributed by atoms with Crippen LogP contribution in [-0.2, 0) is 0 Å². The predicted octanol–water partition coefficient (Wildman–Crippen LogP) is 2.91. The quantitative estimate of drug-likeness (QED) is 0.839. The topological polar surface area (TPSA) is 85.4 Å². The molecule has 7 heteroatoms. The molecule has 132 valence electrons. The van der Waals surface area contributed by atoms with Crippen LogP contribution >= 0.6 is 0 Å². The van der Waals surface area contributed by atoms with Gasteiger partial charge in [0.1, 0.15) is 11.5 Å². The number of anilines is 2. The van der Waals surface area contributed by atoms with Crippen LogP contribution in [0.1, 0.15) is 36.0 Å². The van der Waals surface area contributed by atoms with Crippen molar-refractivity contribution in [1.29, 1.82) is 0 Å². The van der Waals surface area contributed by atoms with E-state index >= 15 is 0 Å². The molecule has 2 aromatic rings. The summed E-state index contributed by atoms with van der Waals surface area (Å²) in [5, 5.41) is 6.10. The Morgan fingerprint density at radius 2 is 1.84 bits per heavy atom. The Morgan fingerprint density at radius 3 is 2.48 bits per heavy atom. The van der Waals surface area contributed by atoms with Crippen molar-refractivity contribution in [3.8, 4) is 11.5 Å². The number of amides is 1. The molecule has 1 heterocycles. The molecule has 0 aliphatic heterocycles. The van der Waals surface area contributed by atoms with E-state index in [9.17, 15) is 4.79 Å². The number of benzene rings is 1. The summed E-state index contributed by atoms with van der Waals surface area (Å²) >= 11 is 0. The molecule has 0 atom stereocenters. The van der Waals surface area contributed by atoms with Gasteiger partial charge in [-0.15, -0.1) is 0 Å². The average molecular weight is 342 g/mol. The molecule has 0 saturated heterocycles. The third-order valence-electron chi connectivity index (χ3n) is 4.26. The van der Waals surface area contributed by atoms with Crippen molar-refractivity contribution >= 4 is 17.5 Å². The Balaban J connectivity index is 1.69. The maximum absolute atomic E-state index is 12.2. The van der Waals surface area contributed by atoms with E-state index in [0.29, 0.717) is 28.7 Å². The van der Waals surface area contributed by atoms with Crippen molar-refractivity contribution in [3.05, 3.63) is 36.2 Å². The third kappa shape index (κ3) is 4.17. The van der Waals surface area contributed by atoms with E-state index in [1.54, 1.807) is 32.4 Å². The minimum absolute atomic E-state index is 0.127. The fourth-order valence-corrected chi connectivity index (χ4v) is 2.88. The highest BCUT2D eigenvalue weighted by molar-refractivity contribution is 5.93. The van der Waals surface area contributed by atoms with Gasteiger partial charge in [-0.1, -0.05) is 12.8 Å². The zero-order chi connectivity index (χ0) is 17.6. The summed E-state index contributed by atoms with van der Waals surface area (Å²) in [6.45, 7) is 0. The first-order chi connectivity index (χ1) is 12.2. The second-order valence-electron chi connectivity index (χ2n) is 5.94. The molecule has 1 aromatic heterocycles. The molecule has 1 aliphatic carbocycles. The highest BCUT2D eigenvalue weighted by Crippen LogP contribution is 2.30. The first-order valence-electron chi connectivity index (χ1n) is 8.31. The lowest BCUT2D eigenvalue weighted by Crippen LogP contribution is -2.32. The van der Waals surface area contributed by atoms with Crippen LogP contribution in [0.15, 0.2) is 30.6 Å². The molecule has 25 heavy (non-hydrogen) atoms. The molecule has 2 N–H and O–H groups in total. The zero-order valence-corrected chi connectivity index (χ0v) is 14.4. The van der Waals surface area contributed by atoms with Gasteiger partial charge in [0.25, 0.3) is 5.91 Å². The summed E-state index contributed by atoms with van der Waals surface area (Å²) in [5.41, 5.74) is 1.14. The van der Waals surface area contributed by atoms with Crippen molar-refractivity contribution in [2.24, 2.45) is 0 Å². The van der Waals surface area contributed by atoms with E-state index in [1.165, 1.54) is 25.2 Å². The number of nitrogens with one attached hydrogen (secondary N) is 2. The van der Waals surface area contributed by atoms with Crippen LogP contribution in [0.25, 0.3) is 0 Å². The summed E-state index contributed by atoms with van der Waals surface area (Å²) in [7, 11) is 3.18. The normalized spacial score (nSPS) is 14.2. The Hall–Kier alpha value is -2.83. The largest absolute Gasteiger partial charge is 0.497 e. The summed E-state index contributed by atoms with van der Waals surface area (Å²) < 4.78 is 10.5. The van der Waals surface area contributed by atoms with Crippen LogP contribution in [0.3, 0.4) is 0 Å². The van der Waals surface area contributed by atoms with Crippen LogP contribution in [0.4, 0.5) is 11.6 Å². The standard InChI is InChI=1S/C18H22N4O3/c1-24-14-7-8-16(25-2)15(9-14)22-18-19-10-12(11-20-18)17(23)21-13-5-3-4-6-13/h7-11,13H,3-6H2,1-2H3,(H,21,23)(H,19,20,22). The minimum Gasteiger partial charge on any atom is -0.497 e. The summed E-state index contributed by atoms with van der Waals surface area (Å²) in [5.74, 6) is 1.59. The van der Waals surface area contributed by atoms with Gasteiger partial charge >= 0.3 is 0 Å². The highest BCUT2D eigenvalue weighted by atomic mass is 16.5. The fourth-order valence-electron chi connectivity index (χ4n) is 2.88. The average Bonchev–Trinajstić information content (AvgIpc) is 3.15. The van der Waals surface area contributed by atoms with E-state index in [0.717, 1.165) is 12.8 Å². The number of carbonyl (C=O) groups is 1. The number of nitrogens with zero attached hydrogens (tertiary/aromatic N) is 2. The smallest absolute Gasteiger partial charge is 0.254 e. The first kappa shape index (κ1) is 17.0. The Kier molecular flexibility index (Phi) is 5.33. The molecule has 3 rings (SSSR count). The molecular formula is C18H22N4O3. The molecule has 0 radical (unpaired) electrons. The number of ether oxygens (including phenoxy) is 2. The van der Waals surface area contributed by atoms with E-state index in [4.69, 9.17) is 9.47 Å². The van der Waals surface area contributed by atoms with Gasteiger partial charge in [0.05, 0.1) is 25.5 Å². The predicted molar refractivity (Wildman–Crippen MR) is 94.6 cm³/mol. The van der Waals surface area contributed by atoms with Gasteiger partial charge in [-0.2, -0.15) is 0 Å². The minimum atomic E-state index is -0.127. The molecular weight excluding hydrogens is 320 g/mol. The molecule has 0 unspecified atom stereocenters. The maximum atomic E-state index is 12.2. The number of methoxy groups -OCH3 is 2. The highest BCUT2D eigenvalue weighted by Gasteiger charge is 2.18. The molecule has 0 spiro atoms. The van der Waals surface area contributed by atoms with Crippen LogP contribution in [0.5, 0.6) is 11.5 Å². The van der Waals surface area contributed by atoms with Crippen LogP contribution < -0.4 is 20.1 Å². The number of hydrogen-bond donors (Lipinski definition) is 2. The lowest BCUT2D eigenvalue weighted by molar-refractivity contribution is 0.0937. The molecule has 1 aromatic carbocycles. The lowest BCUT2D eigenvalue weighted by Gasteiger charge is -2.13. The number of aromatic nitrogens is 2. The second kappa shape index (κ2) is 7.83. The van der Waals surface area contributed by atoms with Gasteiger partial charge in [0.2, 0.25) is 5.95 Å². The van der Waals surface area contributed by atoms with E-state index in [2.05, 4.69) is 20.6 Å². The molecule has 0 bridgehead atoms. The Bertz CT molecular complexity index is 728. The number of hydrogen-bond acceptors (Lipinski definition) is 6. The molecule has 1 aliphatic rings. The van der Waals surface area contributed by atoms with Gasteiger partial charge in [0.15, 0.2) is 0 Å².